The number of anilines is 1. The Labute approximate surface area is 172 Å². The van der Waals surface area contributed by atoms with E-state index < -0.39 is 39.9 Å². The Morgan fingerprint density at radius 3 is 2.55 bits per heavy atom. The molecule has 1 aromatic rings. The standard InChI is InChI=1S/C13H15FN2O4S.K.H/c14-10-5-9(4-8-2-1-3-8)6-11(17)13(10)16-7-12(18)15-21(16,19)20;;/h5-6,8,17H,1-4,7H2,(H,15,18);;/q;+1;-1. The van der Waals surface area contributed by atoms with Gasteiger partial charge in [-0.05, 0) is 30.0 Å². The van der Waals surface area contributed by atoms with E-state index in [0.29, 0.717) is 22.2 Å². The van der Waals surface area contributed by atoms with Crippen LogP contribution >= 0.6 is 0 Å². The third kappa shape index (κ3) is 3.49. The Bertz CT molecular complexity index is 689. The summed E-state index contributed by atoms with van der Waals surface area (Å²) in [6.07, 6.45) is 4.00. The summed E-state index contributed by atoms with van der Waals surface area (Å²) < 4.78 is 39.9. The molecule has 0 spiro atoms. The fourth-order valence-electron chi connectivity index (χ4n) is 2.68. The number of carbonyl (C=O) groups is 1. The number of hydrogen-bond donors (Lipinski definition) is 2. The molecule has 1 amide bonds. The van der Waals surface area contributed by atoms with E-state index in [-0.39, 0.29) is 52.8 Å². The number of rotatable bonds is 3. The van der Waals surface area contributed by atoms with Crippen molar-refractivity contribution in [3.05, 3.63) is 23.5 Å². The molecule has 1 saturated heterocycles. The molecule has 2 aliphatic rings. The normalized spacial score (nSPS) is 20.2. The fraction of sp³-hybridized carbons (Fsp3) is 0.462. The van der Waals surface area contributed by atoms with E-state index in [1.807, 2.05) is 0 Å². The summed E-state index contributed by atoms with van der Waals surface area (Å²) in [5.41, 5.74) is 0.153. The maximum atomic E-state index is 14.2. The van der Waals surface area contributed by atoms with E-state index in [2.05, 4.69) is 0 Å². The number of carbonyl (C=O) groups excluding carboxylic acids is 1. The Morgan fingerprint density at radius 1 is 1.41 bits per heavy atom. The predicted molar refractivity (Wildman–Crippen MR) is 74.6 cm³/mol. The molecule has 22 heavy (non-hydrogen) atoms. The van der Waals surface area contributed by atoms with Crippen molar-refractivity contribution >= 4 is 21.8 Å². The molecule has 1 aliphatic heterocycles. The summed E-state index contributed by atoms with van der Waals surface area (Å²) in [4.78, 5) is 11.2. The topological polar surface area (TPSA) is 86.7 Å². The number of amides is 1. The van der Waals surface area contributed by atoms with Crippen LogP contribution in [0.2, 0.25) is 0 Å². The summed E-state index contributed by atoms with van der Waals surface area (Å²) in [5, 5.41) is 9.97. The van der Waals surface area contributed by atoms with Gasteiger partial charge < -0.3 is 6.53 Å². The van der Waals surface area contributed by atoms with Crippen LogP contribution in [0.15, 0.2) is 12.1 Å². The SMILES string of the molecule is O=C1CN(c2c(O)cc(CC3CCC3)cc2F)S(=O)(=O)N1.[H-].[K+]. The van der Waals surface area contributed by atoms with Crippen molar-refractivity contribution in [1.29, 1.82) is 0 Å². The van der Waals surface area contributed by atoms with Crippen molar-refractivity contribution in [2.75, 3.05) is 10.8 Å². The van der Waals surface area contributed by atoms with Crippen LogP contribution in [-0.4, -0.2) is 26.0 Å². The monoisotopic (exact) mass is 354 g/mol. The molecular formula is C13H16FKN2O4S. The van der Waals surface area contributed by atoms with Crippen molar-refractivity contribution in [3.63, 3.8) is 0 Å². The first-order chi connectivity index (χ1) is 9.87. The molecule has 116 valence electrons. The largest absolute Gasteiger partial charge is 1.00 e. The van der Waals surface area contributed by atoms with Gasteiger partial charge in [0.05, 0.1) is 0 Å². The van der Waals surface area contributed by atoms with Gasteiger partial charge in [-0.1, -0.05) is 19.3 Å². The van der Waals surface area contributed by atoms with Crippen molar-refractivity contribution in [2.45, 2.75) is 25.7 Å². The minimum Gasteiger partial charge on any atom is -1.00 e. The molecule has 9 heteroatoms. The van der Waals surface area contributed by atoms with Gasteiger partial charge in [0.2, 0.25) is 0 Å². The minimum atomic E-state index is -4.13. The van der Waals surface area contributed by atoms with Crippen molar-refractivity contribution < 1.29 is 75.5 Å². The van der Waals surface area contributed by atoms with E-state index in [9.17, 15) is 22.7 Å². The van der Waals surface area contributed by atoms with Gasteiger partial charge >= 0.3 is 61.6 Å². The molecular weight excluding hydrogens is 338 g/mol. The van der Waals surface area contributed by atoms with Crippen LogP contribution in [-0.2, 0) is 21.4 Å². The zero-order chi connectivity index (χ0) is 15.2. The second-order valence-electron chi connectivity index (χ2n) is 5.48. The number of nitrogens with zero attached hydrogens (tertiary/aromatic N) is 1. The van der Waals surface area contributed by atoms with Crippen molar-refractivity contribution in [3.8, 4) is 5.75 Å². The van der Waals surface area contributed by atoms with Crippen LogP contribution in [0, 0.1) is 11.7 Å². The Balaban J connectivity index is 0.00000132. The molecule has 2 N–H and O–H groups in total. The third-order valence-corrected chi connectivity index (χ3v) is 5.30. The van der Waals surface area contributed by atoms with Crippen LogP contribution in [0.1, 0.15) is 26.3 Å². The minimum absolute atomic E-state index is 0. The first kappa shape index (κ1) is 18.1. The van der Waals surface area contributed by atoms with Gasteiger partial charge in [0.1, 0.15) is 18.0 Å². The fourth-order valence-corrected chi connectivity index (χ4v) is 3.85. The second-order valence-corrected chi connectivity index (χ2v) is 7.08. The summed E-state index contributed by atoms with van der Waals surface area (Å²) in [5.74, 6) is -1.57. The molecule has 0 bridgehead atoms. The number of hydrogen-bond acceptors (Lipinski definition) is 4. The molecule has 1 heterocycles. The maximum absolute atomic E-state index is 14.2. The average Bonchev–Trinajstić information content (AvgIpc) is 2.57. The molecule has 0 aromatic heterocycles. The quantitative estimate of drug-likeness (QED) is 0.626. The number of nitrogens with one attached hydrogen (secondary N) is 1. The summed E-state index contributed by atoms with van der Waals surface area (Å²) >= 11 is 0. The predicted octanol–water partition coefficient (Wildman–Crippen LogP) is -1.83. The zero-order valence-electron chi connectivity index (χ0n) is 13.2. The van der Waals surface area contributed by atoms with Gasteiger partial charge in [0.15, 0.2) is 5.82 Å². The smallest absolute Gasteiger partial charge is 1.00 e. The second kappa shape index (κ2) is 6.74. The molecule has 0 radical (unpaired) electrons. The number of aromatic hydroxyl groups is 1. The van der Waals surface area contributed by atoms with Gasteiger partial charge in [0.25, 0.3) is 5.91 Å². The average molecular weight is 354 g/mol. The van der Waals surface area contributed by atoms with Crippen LogP contribution < -0.4 is 60.4 Å². The maximum Gasteiger partial charge on any atom is 1.00 e. The first-order valence-corrected chi connectivity index (χ1v) is 8.15. The molecule has 6 nitrogen and oxygen atoms in total. The van der Waals surface area contributed by atoms with Crippen molar-refractivity contribution in [1.82, 2.24) is 4.72 Å². The number of phenolic OH excluding ortho intramolecular Hbond substituents is 1. The van der Waals surface area contributed by atoms with Gasteiger partial charge in [-0.25, -0.2) is 13.4 Å². The Morgan fingerprint density at radius 2 is 2.09 bits per heavy atom. The Kier molecular flexibility index (Phi) is 5.56. The molecule has 0 unspecified atom stereocenters. The Hall–Kier alpha value is -0.194. The van der Waals surface area contributed by atoms with Crippen LogP contribution in [0.3, 0.4) is 0 Å². The van der Waals surface area contributed by atoms with Gasteiger partial charge in [-0.15, -0.1) is 0 Å². The molecule has 0 atom stereocenters. The summed E-state index contributed by atoms with van der Waals surface area (Å²) in [6, 6.07) is 2.60. The van der Waals surface area contributed by atoms with E-state index in [1.165, 1.54) is 12.1 Å². The van der Waals surface area contributed by atoms with Crippen LogP contribution in [0.5, 0.6) is 5.75 Å². The number of benzene rings is 1. The first-order valence-electron chi connectivity index (χ1n) is 6.71. The van der Waals surface area contributed by atoms with E-state index in [4.69, 9.17) is 0 Å². The third-order valence-electron chi connectivity index (χ3n) is 3.92. The number of phenols is 1. The van der Waals surface area contributed by atoms with E-state index in [1.54, 1.807) is 4.72 Å². The van der Waals surface area contributed by atoms with Gasteiger partial charge in [-0.3, -0.25) is 4.79 Å². The summed E-state index contributed by atoms with van der Waals surface area (Å²) in [7, 11) is -4.13. The van der Waals surface area contributed by atoms with Gasteiger partial charge in [0, 0.05) is 0 Å². The molecule has 1 saturated carbocycles. The number of halogens is 1. The molecule has 1 aromatic carbocycles. The molecule has 3 rings (SSSR count). The van der Waals surface area contributed by atoms with E-state index >= 15 is 0 Å². The van der Waals surface area contributed by atoms with Crippen LogP contribution in [0.4, 0.5) is 10.1 Å². The van der Waals surface area contributed by atoms with Crippen molar-refractivity contribution in [2.24, 2.45) is 5.92 Å². The van der Waals surface area contributed by atoms with Crippen LogP contribution in [0.25, 0.3) is 0 Å². The molecule has 1 aliphatic carbocycles. The summed E-state index contributed by atoms with van der Waals surface area (Å²) in [6.45, 7) is -0.533. The van der Waals surface area contributed by atoms with E-state index in [0.717, 1.165) is 19.3 Å². The molecule has 2 fully saturated rings. The van der Waals surface area contributed by atoms with Gasteiger partial charge in [-0.2, -0.15) is 8.42 Å². The zero-order valence-corrected chi connectivity index (χ0v) is 16.1.